The second kappa shape index (κ2) is 28.7. The maximum atomic E-state index is 15.5. The van der Waals surface area contributed by atoms with E-state index in [4.69, 9.17) is 25.8 Å². The van der Waals surface area contributed by atoms with Crippen molar-refractivity contribution in [3.8, 4) is 23.3 Å². The Labute approximate surface area is 445 Å². The molecule has 8 rings (SSSR count). The zero-order chi connectivity index (χ0) is 53.3. The van der Waals surface area contributed by atoms with E-state index in [-0.39, 0.29) is 23.7 Å². The molecule has 0 radical (unpaired) electrons. The fourth-order valence-electron chi connectivity index (χ4n) is 11.1. The van der Waals surface area contributed by atoms with Gasteiger partial charge in [0.1, 0.15) is 17.7 Å². The van der Waals surface area contributed by atoms with Crippen molar-refractivity contribution in [1.82, 2.24) is 25.1 Å². The lowest BCUT2D eigenvalue weighted by Gasteiger charge is -2.40. The van der Waals surface area contributed by atoms with Crippen LogP contribution in [-0.2, 0) is 11.3 Å². The van der Waals surface area contributed by atoms with Crippen LogP contribution in [0.5, 0.6) is 11.5 Å². The Bertz CT molecular complexity index is 2650. The Morgan fingerprint density at radius 2 is 1.45 bits per heavy atom. The van der Waals surface area contributed by atoms with Crippen molar-refractivity contribution in [2.24, 2.45) is 17.3 Å². The zero-order valence-electron chi connectivity index (χ0n) is 43.9. The second-order valence-electron chi connectivity index (χ2n) is 20.7. The van der Waals surface area contributed by atoms with Gasteiger partial charge >= 0.3 is 0 Å². The van der Waals surface area contributed by atoms with Crippen molar-refractivity contribution >= 4 is 33.4 Å². The number of likely N-dealkylation sites (tertiary alicyclic amines) is 1. The van der Waals surface area contributed by atoms with E-state index in [2.05, 4.69) is 43.8 Å². The largest absolute Gasteiger partial charge is 0.497 e. The third kappa shape index (κ3) is 16.0. The molecule has 4 N–H and O–H groups in total. The predicted octanol–water partition coefficient (Wildman–Crippen LogP) is 11.1. The molecule has 0 bridgehead atoms. The molecule has 4 atom stereocenters. The summed E-state index contributed by atoms with van der Waals surface area (Å²) in [6, 6.07) is 13.0. The highest BCUT2D eigenvalue weighted by atomic mass is 35.5. The molecule has 3 aromatic carbocycles. The minimum atomic E-state index is -1.50. The highest BCUT2D eigenvalue weighted by Crippen LogP contribution is 2.41. The van der Waals surface area contributed by atoms with Crippen LogP contribution >= 0.6 is 11.6 Å². The summed E-state index contributed by atoms with van der Waals surface area (Å²) in [5.41, 5.74) is 3.61. The summed E-state index contributed by atoms with van der Waals surface area (Å²) in [4.78, 5) is 13.4. The SMILES string of the molecule is CCC[C@@H](CCC[C@H](O)C1CCNCC1)CC[C@@H](F)c1c(Cl)cnc2ccc(OC)cc12.COc1ccc2ncc(CN3CCOCC3)c([C@H](O)CCC3(CO)CCN(CC#Cc4cc(F)c(F)c(F)c4)CC3)c2c1. The maximum Gasteiger partial charge on any atom is 0.194 e. The number of fused-ring (bicyclic) bond motifs is 2. The normalized spacial score (nSPS) is 18.1. The molecule has 3 aliphatic rings. The molecule has 0 unspecified atom stereocenters. The number of halogens is 5. The standard InChI is InChI=1S/C33H38F3N3O4.C26H38ClFN2O2/c1-42-25-4-5-29-26(19-25)31(24(20-37-29)21-39-13-15-43-16-14-39)30(41)6-7-33(22-40)8-11-38(12-9-33)10-2-3-23-17-27(34)32(36)28(35)18-23;1-3-5-18(6-4-7-25(31)19-12-14-29-15-13-19)8-10-23(28)26-21-16-20(32-2)9-11-24(21)30-17-22(26)27/h4-5,17-20,30,40-41H,6-16,21-22H2,1H3;9,11,16-19,23,25,29,31H,3-8,10,12-15H2,1-2H3/t30-;18-,23+,25-/m10/s1. The van der Waals surface area contributed by atoms with Crippen LogP contribution in [0, 0.1) is 46.5 Å². The fourth-order valence-corrected chi connectivity index (χ4v) is 11.4. The third-order valence-electron chi connectivity index (χ3n) is 15.7. The first-order valence-corrected chi connectivity index (χ1v) is 27.3. The molecule has 5 aromatic rings. The third-order valence-corrected chi connectivity index (χ3v) is 16.0. The highest BCUT2D eigenvalue weighted by molar-refractivity contribution is 6.32. The number of pyridine rings is 2. The number of hydrogen-bond donors (Lipinski definition) is 4. The van der Waals surface area contributed by atoms with E-state index in [0.29, 0.717) is 92.6 Å². The van der Waals surface area contributed by atoms with Crippen molar-refractivity contribution in [2.75, 3.05) is 79.9 Å². The lowest BCUT2D eigenvalue weighted by atomic mass is 9.74. The van der Waals surface area contributed by atoms with Crippen LogP contribution in [0.1, 0.15) is 125 Å². The summed E-state index contributed by atoms with van der Waals surface area (Å²) in [6.07, 6.45) is 12.4. The molecule has 408 valence electrons. The Morgan fingerprint density at radius 3 is 2.08 bits per heavy atom. The first kappa shape index (κ1) is 58.1. The number of ether oxygens (including phenoxy) is 3. The summed E-state index contributed by atoms with van der Waals surface area (Å²) in [5, 5.41) is 38.0. The van der Waals surface area contributed by atoms with E-state index in [1.165, 1.54) is 0 Å². The number of aliphatic hydroxyl groups excluding tert-OH is 3. The molecule has 0 saturated carbocycles. The Hall–Kier alpha value is -4.63. The van der Waals surface area contributed by atoms with Gasteiger partial charge in [-0.25, -0.2) is 17.6 Å². The molecule has 16 heteroatoms. The zero-order valence-corrected chi connectivity index (χ0v) is 44.6. The van der Waals surface area contributed by atoms with Gasteiger partial charge < -0.3 is 34.8 Å². The molecule has 11 nitrogen and oxygen atoms in total. The maximum absolute atomic E-state index is 15.5. The molecular formula is C59H76ClF4N5O6. The van der Waals surface area contributed by atoms with Crippen LogP contribution in [-0.4, -0.2) is 121 Å². The monoisotopic (exact) mass is 1060 g/mol. The molecule has 3 aliphatic heterocycles. The van der Waals surface area contributed by atoms with Crippen LogP contribution in [0.15, 0.2) is 60.9 Å². The highest BCUT2D eigenvalue weighted by Gasteiger charge is 2.35. The van der Waals surface area contributed by atoms with Gasteiger partial charge in [0.05, 0.1) is 62.2 Å². The van der Waals surface area contributed by atoms with Gasteiger partial charge in [0.25, 0.3) is 0 Å². The average molecular weight is 1060 g/mol. The number of aliphatic hydroxyl groups is 3. The second-order valence-corrected chi connectivity index (χ2v) is 21.1. The van der Waals surface area contributed by atoms with Gasteiger partial charge in [-0.15, -0.1) is 0 Å². The number of hydrogen-bond acceptors (Lipinski definition) is 11. The number of aromatic nitrogens is 2. The molecule has 3 saturated heterocycles. The number of nitrogens with one attached hydrogen (secondary N) is 1. The average Bonchev–Trinajstić information content (AvgIpc) is 3.43. The molecule has 5 heterocycles. The number of morpholine rings is 1. The molecule has 0 spiro atoms. The fraction of sp³-hybridized carbons (Fsp3) is 0.559. The smallest absolute Gasteiger partial charge is 0.194 e. The van der Waals surface area contributed by atoms with Gasteiger partial charge in [0.15, 0.2) is 17.5 Å². The van der Waals surface area contributed by atoms with E-state index in [1.54, 1.807) is 20.4 Å². The lowest BCUT2D eigenvalue weighted by Crippen LogP contribution is -2.42. The van der Waals surface area contributed by atoms with Gasteiger partial charge in [0, 0.05) is 60.5 Å². The minimum Gasteiger partial charge on any atom is -0.497 e. The van der Waals surface area contributed by atoms with Crippen LogP contribution in [0.3, 0.4) is 0 Å². The van der Waals surface area contributed by atoms with Gasteiger partial charge in [-0.2, -0.15) is 0 Å². The van der Waals surface area contributed by atoms with E-state index < -0.39 is 29.7 Å². The number of benzene rings is 3. The van der Waals surface area contributed by atoms with Crippen LogP contribution < -0.4 is 14.8 Å². The molecule has 0 amide bonds. The summed E-state index contributed by atoms with van der Waals surface area (Å²) in [6.45, 7) is 9.64. The lowest BCUT2D eigenvalue weighted by molar-refractivity contribution is 0.0262. The summed E-state index contributed by atoms with van der Waals surface area (Å²) in [5.74, 6) is 3.87. The predicted molar refractivity (Wildman–Crippen MR) is 287 cm³/mol. The first-order valence-electron chi connectivity index (χ1n) is 26.9. The number of rotatable bonds is 21. The summed E-state index contributed by atoms with van der Waals surface area (Å²) >= 11 is 6.39. The van der Waals surface area contributed by atoms with E-state index in [0.717, 1.165) is 135 Å². The molecular weight excluding hydrogens is 986 g/mol. The quantitative estimate of drug-likeness (QED) is 0.0318. The topological polar surface area (TPSA) is 133 Å². The van der Waals surface area contributed by atoms with Crippen molar-refractivity contribution in [3.05, 3.63) is 106 Å². The van der Waals surface area contributed by atoms with E-state index >= 15 is 4.39 Å². The van der Waals surface area contributed by atoms with Crippen molar-refractivity contribution in [1.29, 1.82) is 0 Å². The van der Waals surface area contributed by atoms with Crippen LogP contribution in [0.2, 0.25) is 5.02 Å². The van der Waals surface area contributed by atoms with E-state index in [9.17, 15) is 28.5 Å². The number of nitrogens with zero attached hydrogens (tertiary/aromatic N) is 4. The number of alkyl halides is 1. The van der Waals surface area contributed by atoms with Crippen molar-refractivity contribution in [3.63, 3.8) is 0 Å². The summed E-state index contributed by atoms with van der Waals surface area (Å²) in [7, 11) is 3.22. The number of methoxy groups -OCH3 is 2. The Morgan fingerprint density at radius 1 is 0.813 bits per heavy atom. The van der Waals surface area contributed by atoms with Crippen molar-refractivity contribution < 1.29 is 47.1 Å². The molecule has 2 aromatic heterocycles. The Balaban J connectivity index is 0.000000229. The first-order chi connectivity index (χ1) is 36.3. The van der Waals surface area contributed by atoms with E-state index in [1.807, 2.05) is 42.6 Å². The Kier molecular flexibility index (Phi) is 22.2. The number of piperidine rings is 2. The van der Waals surface area contributed by atoms with Gasteiger partial charge in [-0.3, -0.25) is 19.8 Å². The molecule has 0 aliphatic carbocycles. The van der Waals surface area contributed by atoms with Gasteiger partial charge in [-0.05, 0) is 161 Å². The molecule has 75 heavy (non-hydrogen) atoms. The van der Waals surface area contributed by atoms with Gasteiger partial charge in [-0.1, -0.05) is 56.0 Å². The van der Waals surface area contributed by atoms with Crippen molar-refractivity contribution in [2.45, 2.75) is 115 Å². The van der Waals surface area contributed by atoms with Crippen LogP contribution in [0.25, 0.3) is 21.8 Å². The van der Waals surface area contributed by atoms with Crippen LogP contribution in [0.4, 0.5) is 17.6 Å². The molecule has 3 fully saturated rings. The minimum absolute atomic E-state index is 0.0128. The van der Waals surface area contributed by atoms with Gasteiger partial charge in [0.2, 0.25) is 0 Å². The summed E-state index contributed by atoms with van der Waals surface area (Å²) < 4.78 is 71.9.